The van der Waals surface area contributed by atoms with E-state index in [-0.39, 0.29) is 5.91 Å². The van der Waals surface area contributed by atoms with Crippen LogP contribution in [0.4, 0.5) is 5.95 Å². The van der Waals surface area contributed by atoms with Gasteiger partial charge in [0.15, 0.2) is 0 Å². The van der Waals surface area contributed by atoms with Gasteiger partial charge >= 0.3 is 0 Å². The first kappa shape index (κ1) is 15.3. The van der Waals surface area contributed by atoms with E-state index in [0.717, 1.165) is 31.4 Å². The van der Waals surface area contributed by atoms with E-state index in [2.05, 4.69) is 10.1 Å². The highest BCUT2D eigenvalue weighted by Crippen LogP contribution is 2.24. The van der Waals surface area contributed by atoms with Crippen molar-refractivity contribution in [3.8, 4) is 0 Å². The standard InChI is InChI=1S/C15H16Cl2N4O/c16-12-6-5-11(9-13(12)17)3-1-4-14(22)20-7-2-8-21-15(20)18-10-19-21/h5-6,9-10H,1-4,7-8H2. The molecule has 1 amide bonds. The number of benzene rings is 1. The number of aryl methyl sites for hydroxylation is 2. The molecule has 0 atom stereocenters. The number of nitrogens with zero attached hydrogens (tertiary/aromatic N) is 4. The molecule has 0 saturated carbocycles. The van der Waals surface area contributed by atoms with Crippen molar-refractivity contribution >= 4 is 35.1 Å². The molecule has 2 aromatic rings. The molecule has 7 heteroatoms. The number of hydrogen-bond acceptors (Lipinski definition) is 3. The van der Waals surface area contributed by atoms with Crippen molar-refractivity contribution in [2.75, 3.05) is 11.4 Å². The molecule has 1 aromatic heterocycles. The normalized spacial score (nSPS) is 14.0. The quantitative estimate of drug-likeness (QED) is 0.858. The van der Waals surface area contributed by atoms with Crippen molar-refractivity contribution in [2.45, 2.75) is 32.2 Å². The second-order valence-corrected chi connectivity index (χ2v) is 6.10. The highest BCUT2D eigenvalue weighted by Gasteiger charge is 2.23. The van der Waals surface area contributed by atoms with E-state index in [1.807, 2.05) is 12.1 Å². The molecule has 0 unspecified atom stereocenters. The molecule has 0 spiro atoms. The minimum atomic E-state index is 0.0917. The van der Waals surface area contributed by atoms with Gasteiger partial charge in [-0.05, 0) is 37.0 Å². The molecule has 0 bridgehead atoms. The van der Waals surface area contributed by atoms with E-state index in [1.165, 1.54) is 6.33 Å². The Morgan fingerprint density at radius 3 is 2.91 bits per heavy atom. The van der Waals surface area contributed by atoms with Crippen LogP contribution in [0, 0.1) is 0 Å². The van der Waals surface area contributed by atoms with Gasteiger partial charge in [0.1, 0.15) is 6.33 Å². The number of carbonyl (C=O) groups is 1. The van der Waals surface area contributed by atoms with E-state index in [0.29, 0.717) is 29.0 Å². The van der Waals surface area contributed by atoms with Crippen LogP contribution in [0.5, 0.6) is 0 Å². The number of hydrogen-bond donors (Lipinski definition) is 0. The maximum atomic E-state index is 12.4. The number of amides is 1. The summed E-state index contributed by atoms with van der Waals surface area (Å²) in [6.07, 6.45) is 4.45. The fraction of sp³-hybridized carbons (Fsp3) is 0.400. The van der Waals surface area contributed by atoms with Crippen molar-refractivity contribution < 1.29 is 4.79 Å². The van der Waals surface area contributed by atoms with Crippen molar-refractivity contribution in [3.05, 3.63) is 40.1 Å². The maximum Gasteiger partial charge on any atom is 0.230 e. The lowest BCUT2D eigenvalue weighted by Crippen LogP contribution is -2.38. The van der Waals surface area contributed by atoms with E-state index in [4.69, 9.17) is 23.2 Å². The molecule has 1 aromatic carbocycles. The van der Waals surface area contributed by atoms with E-state index in [9.17, 15) is 4.79 Å². The zero-order valence-electron chi connectivity index (χ0n) is 12.0. The predicted octanol–water partition coefficient (Wildman–Crippen LogP) is 3.34. The average molecular weight is 339 g/mol. The fourth-order valence-corrected chi connectivity index (χ4v) is 2.93. The number of carbonyl (C=O) groups excluding carboxylic acids is 1. The van der Waals surface area contributed by atoms with Crippen LogP contribution in [0.1, 0.15) is 24.8 Å². The molecule has 22 heavy (non-hydrogen) atoms. The summed E-state index contributed by atoms with van der Waals surface area (Å²) in [5.74, 6) is 0.750. The first-order chi connectivity index (χ1) is 10.6. The summed E-state index contributed by atoms with van der Waals surface area (Å²) in [6, 6.07) is 5.58. The Morgan fingerprint density at radius 1 is 1.23 bits per heavy atom. The number of anilines is 1. The van der Waals surface area contributed by atoms with Crippen LogP contribution in [0.15, 0.2) is 24.5 Å². The Balaban J connectivity index is 1.56. The number of halogens is 2. The second-order valence-electron chi connectivity index (χ2n) is 5.28. The van der Waals surface area contributed by atoms with Crippen LogP contribution in [-0.2, 0) is 17.8 Å². The van der Waals surface area contributed by atoms with Gasteiger partial charge in [-0.3, -0.25) is 9.69 Å². The van der Waals surface area contributed by atoms with E-state index >= 15 is 0 Å². The summed E-state index contributed by atoms with van der Waals surface area (Å²) in [6.45, 7) is 1.53. The van der Waals surface area contributed by atoms with Crippen LogP contribution in [-0.4, -0.2) is 27.2 Å². The first-order valence-electron chi connectivity index (χ1n) is 7.27. The lowest BCUT2D eigenvalue weighted by atomic mass is 10.1. The Hall–Kier alpha value is -1.59. The first-order valence-corrected chi connectivity index (χ1v) is 8.03. The lowest BCUT2D eigenvalue weighted by Gasteiger charge is -2.26. The number of fused-ring (bicyclic) bond motifs is 1. The van der Waals surface area contributed by atoms with Crippen molar-refractivity contribution in [1.29, 1.82) is 0 Å². The van der Waals surface area contributed by atoms with Gasteiger partial charge in [-0.15, -0.1) is 0 Å². The predicted molar refractivity (Wildman–Crippen MR) is 86.4 cm³/mol. The Morgan fingerprint density at radius 2 is 2.09 bits per heavy atom. The average Bonchev–Trinajstić information content (AvgIpc) is 2.99. The van der Waals surface area contributed by atoms with Gasteiger partial charge in [-0.25, -0.2) is 4.68 Å². The minimum absolute atomic E-state index is 0.0917. The number of aromatic nitrogens is 3. The third-order valence-electron chi connectivity index (χ3n) is 3.73. The van der Waals surface area contributed by atoms with Crippen LogP contribution in [0.25, 0.3) is 0 Å². The highest BCUT2D eigenvalue weighted by molar-refractivity contribution is 6.42. The van der Waals surface area contributed by atoms with Gasteiger partial charge < -0.3 is 0 Å². The maximum absolute atomic E-state index is 12.4. The van der Waals surface area contributed by atoms with Crippen molar-refractivity contribution in [2.24, 2.45) is 0 Å². The molecule has 3 rings (SSSR count). The molecule has 0 fully saturated rings. The van der Waals surface area contributed by atoms with Crippen LogP contribution < -0.4 is 4.90 Å². The Labute approximate surface area is 138 Å². The fourth-order valence-electron chi connectivity index (χ4n) is 2.61. The van der Waals surface area contributed by atoms with Crippen LogP contribution >= 0.6 is 23.2 Å². The van der Waals surface area contributed by atoms with Crippen molar-refractivity contribution in [3.63, 3.8) is 0 Å². The summed E-state index contributed by atoms with van der Waals surface area (Å²) < 4.78 is 1.78. The summed E-state index contributed by atoms with van der Waals surface area (Å²) in [4.78, 5) is 18.3. The monoisotopic (exact) mass is 338 g/mol. The minimum Gasteiger partial charge on any atom is -0.281 e. The summed E-state index contributed by atoms with van der Waals surface area (Å²) >= 11 is 11.9. The molecule has 2 heterocycles. The van der Waals surface area contributed by atoms with Gasteiger partial charge in [0.2, 0.25) is 11.9 Å². The molecular formula is C15H16Cl2N4O. The van der Waals surface area contributed by atoms with Gasteiger partial charge in [0, 0.05) is 19.5 Å². The zero-order chi connectivity index (χ0) is 15.5. The van der Waals surface area contributed by atoms with Gasteiger partial charge in [-0.2, -0.15) is 10.1 Å². The van der Waals surface area contributed by atoms with Gasteiger partial charge in [0.25, 0.3) is 0 Å². The summed E-state index contributed by atoms with van der Waals surface area (Å²) in [7, 11) is 0. The van der Waals surface area contributed by atoms with E-state index in [1.54, 1.807) is 15.6 Å². The Kier molecular flexibility index (Phi) is 4.64. The van der Waals surface area contributed by atoms with Gasteiger partial charge in [0.05, 0.1) is 10.0 Å². The van der Waals surface area contributed by atoms with E-state index < -0.39 is 0 Å². The molecule has 116 valence electrons. The Bertz CT molecular complexity index is 686. The summed E-state index contributed by atoms with van der Waals surface area (Å²) in [5.41, 5.74) is 1.09. The summed E-state index contributed by atoms with van der Waals surface area (Å²) in [5, 5.41) is 5.22. The third-order valence-corrected chi connectivity index (χ3v) is 4.47. The molecule has 5 nitrogen and oxygen atoms in total. The molecule has 0 radical (unpaired) electrons. The highest BCUT2D eigenvalue weighted by atomic mass is 35.5. The second kappa shape index (κ2) is 6.67. The SMILES string of the molecule is O=C(CCCc1ccc(Cl)c(Cl)c1)N1CCCn2ncnc21. The lowest BCUT2D eigenvalue weighted by molar-refractivity contribution is -0.119. The molecule has 0 N–H and O–H groups in total. The zero-order valence-corrected chi connectivity index (χ0v) is 13.5. The molecule has 0 aliphatic carbocycles. The topological polar surface area (TPSA) is 51.0 Å². The van der Waals surface area contributed by atoms with Crippen LogP contribution in [0.3, 0.4) is 0 Å². The molecule has 1 aliphatic heterocycles. The number of rotatable bonds is 4. The third kappa shape index (κ3) is 3.25. The largest absolute Gasteiger partial charge is 0.281 e. The molecular weight excluding hydrogens is 323 g/mol. The smallest absolute Gasteiger partial charge is 0.230 e. The van der Waals surface area contributed by atoms with Gasteiger partial charge in [-0.1, -0.05) is 29.3 Å². The van der Waals surface area contributed by atoms with Crippen LogP contribution in [0.2, 0.25) is 10.0 Å². The van der Waals surface area contributed by atoms with Crippen molar-refractivity contribution in [1.82, 2.24) is 14.8 Å². The molecule has 1 aliphatic rings. The molecule has 0 saturated heterocycles.